The molecule has 0 spiro atoms. The quantitative estimate of drug-likeness (QED) is 0.706. The highest BCUT2D eigenvalue weighted by atomic mass is 35.5. The van der Waals surface area contributed by atoms with E-state index in [0.717, 1.165) is 0 Å². The molecule has 0 radical (unpaired) electrons. The van der Waals surface area contributed by atoms with Crippen molar-refractivity contribution in [3.05, 3.63) is 23.0 Å². The van der Waals surface area contributed by atoms with E-state index < -0.39 is 0 Å². The van der Waals surface area contributed by atoms with Crippen molar-refractivity contribution in [2.24, 2.45) is 0 Å². The van der Waals surface area contributed by atoms with Gasteiger partial charge in [-0.3, -0.25) is 9.89 Å². The van der Waals surface area contributed by atoms with E-state index >= 15 is 0 Å². The number of nitrogens with one attached hydrogen (secondary N) is 1. The second kappa shape index (κ2) is 2.81. The molecule has 2 aromatic heterocycles. The summed E-state index contributed by atoms with van der Waals surface area (Å²) in [5.74, 6) is -0.0996. The van der Waals surface area contributed by atoms with Crippen LogP contribution in [0.25, 0.3) is 11.0 Å². The highest BCUT2D eigenvalue weighted by molar-refractivity contribution is 6.36. The topological polar surface area (TPSA) is 58.6 Å². The van der Waals surface area contributed by atoms with Crippen LogP contribution in [-0.2, 0) is 0 Å². The van der Waals surface area contributed by atoms with Gasteiger partial charge in [-0.15, -0.1) is 0 Å². The SMILES string of the molecule is CC(=O)c1[nH]nc2nccc(Cl)c12. The standard InChI is InChI=1S/C8H6ClN3O/c1-4(13)7-6-5(9)2-3-10-8(6)12-11-7/h2-3H,1H3,(H,10,11,12). The minimum atomic E-state index is -0.0996. The average molecular weight is 196 g/mol. The lowest BCUT2D eigenvalue weighted by molar-refractivity contribution is 0.101. The van der Waals surface area contributed by atoms with E-state index in [4.69, 9.17) is 11.6 Å². The summed E-state index contributed by atoms with van der Waals surface area (Å²) in [5, 5.41) is 7.55. The van der Waals surface area contributed by atoms with Gasteiger partial charge in [-0.05, 0) is 6.07 Å². The van der Waals surface area contributed by atoms with Gasteiger partial charge in [-0.2, -0.15) is 5.10 Å². The Kier molecular flexibility index (Phi) is 1.77. The maximum absolute atomic E-state index is 11.1. The van der Waals surface area contributed by atoms with Gasteiger partial charge in [-0.25, -0.2) is 4.98 Å². The van der Waals surface area contributed by atoms with Crippen LogP contribution in [0.2, 0.25) is 5.02 Å². The van der Waals surface area contributed by atoms with Crippen LogP contribution in [0.4, 0.5) is 0 Å². The van der Waals surface area contributed by atoms with Gasteiger partial charge in [0.05, 0.1) is 10.4 Å². The van der Waals surface area contributed by atoms with Gasteiger partial charge in [-0.1, -0.05) is 11.6 Å². The number of hydrogen-bond acceptors (Lipinski definition) is 3. The molecule has 0 saturated carbocycles. The fraction of sp³-hybridized carbons (Fsp3) is 0.125. The predicted octanol–water partition coefficient (Wildman–Crippen LogP) is 1.81. The number of fused-ring (bicyclic) bond motifs is 1. The zero-order valence-corrected chi connectivity index (χ0v) is 7.59. The number of ketones is 1. The molecule has 0 unspecified atom stereocenters. The van der Waals surface area contributed by atoms with Crippen LogP contribution >= 0.6 is 11.6 Å². The first-order valence-corrected chi connectivity index (χ1v) is 4.07. The number of H-pyrrole nitrogens is 1. The molecule has 5 heteroatoms. The molecule has 0 atom stereocenters. The minimum Gasteiger partial charge on any atom is -0.293 e. The number of hydrogen-bond donors (Lipinski definition) is 1. The molecule has 1 N–H and O–H groups in total. The van der Waals surface area contributed by atoms with E-state index in [1.807, 2.05) is 0 Å². The number of carbonyl (C=O) groups excluding carboxylic acids is 1. The van der Waals surface area contributed by atoms with Crippen LogP contribution in [0.3, 0.4) is 0 Å². The number of aromatic amines is 1. The van der Waals surface area contributed by atoms with Crippen molar-refractivity contribution in [3.63, 3.8) is 0 Å². The summed E-state index contributed by atoms with van der Waals surface area (Å²) in [4.78, 5) is 15.1. The highest BCUT2D eigenvalue weighted by Gasteiger charge is 2.12. The molecule has 4 nitrogen and oxygen atoms in total. The Morgan fingerprint density at radius 1 is 1.62 bits per heavy atom. The van der Waals surface area contributed by atoms with Crippen molar-refractivity contribution >= 4 is 28.4 Å². The molecule has 0 saturated heterocycles. The Morgan fingerprint density at radius 3 is 3.08 bits per heavy atom. The Balaban J connectivity index is 2.86. The van der Waals surface area contributed by atoms with E-state index in [0.29, 0.717) is 21.7 Å². The van der Waals surface area contributed by atoms with Crippen LogP contribution in [0.15, 0.2) is 12.3 Å². The Labute approximate surface area is 78.9 Å². The number of carbonyl (C=O) groups is 1. The summed E-state index contributed by atoms with van der Waals surface area (Å²) in [6.07, 6.45) is 1.55. The monoisotopic (exact) mass is 195 g/mol. The van der Waals surface area contributed by atoms with Crippen LogP contribution in [-0.4, -0.2) is 21.0 Å². The molecule has 2 aromatic rings. The van der Waals surface area contributed by atoms with Crippen molar-refractivity contribution in [2.45, 2.75) is 6.92 Å². The van der Waals surface area contributed by atoms with Crippen LogP contribution < -0.4 is 0 Å². The summed E-state index contributed by atoms with van der Waals surface area (Å²) in [7, 11) is 0. The Morgan fingerprint density at radius 2 is 2.38 bits per heavy atom. The summed E-state index contributed by atoms with van der Waals surface area (Å²) in [5.41, 5.74) is 0.880. The third-order valence-electron chi connectivity index (χ3n) is 1.76. The van der Waals surface area contributed by atoms with Gasteiger partial charge in [0.25, 0.3) is 0 Å². The van der Waals surface area contributed by atoms with Crippen LogP contribution in [0.5, 0.6) is 0 Å². The number of nitrogens with zero attached hydrogens (tertiary/aromatic N) is 2. The highest BCUT2D eigenvalue weighted by Crippen LogP contribution is 2.23. The van der Waals surface area contributed by atoms with E-state index in [9.17, 15) is 4.79 Å². The zero-order valence-electron chi connectivity index (χ0n) is 6.84. The molecule has 66 valence electrons. The van der Waals surface area contributed by atoms with E-state index in [1.165, 1.54) is 6.92 Å². The van der Waals surface area contributed by atoms with Crippen molar-refractivity contribution in [3.8, 4) is 0 Å². The molecule has 2 heterocycles. The first-order valence-electron chi connectivity index (χ1n) is 3.69. The fourth-order valence-corrected chi connectivity index (χ4v) is 1.40. The first-order chi connectivity index (χ1) is 6.20. The van der Waals surface area contributed by atoms with Crippen molar-refractivity contribution < 1.29 is 4.79 Å². The van der Waals surface area contributed by atoms with Crippen molar-refractivity contribution in [1.29, 1.82) is 0 Å². The lowest BCUT2D eigenvalue weighted by Crippen LogP contribution is -1.92. The van der Waals surface area contributed by atoms with E-state index in [-0.39, 0.29) is 5.78 Å². The lowest BCUT2D eigenvalue weighted by atomic mass is 10.2. The molecule has 0 aliphatic rings. The Bertz CT molecular complexity index is 477. The number of halogens is 1. The average Bonchev–Trinajstić information content (AvgIpc) is 2.49. The smallest absolute Gasteiger partial charge is 0.183 e. The second-order valence-corrected chi connectivity index (χ2v) is 3.05. The van der Waals surface area contributed by atoms with Gasteiger partial charge in [0.1, 0.15) is 5.69 Å². The molecule has 0 aromatic carbocycles. The van der Waals surface area contributed by atoms with Crippen LogP contribution in [0, 0.1) is 0 Å². The fourth-order valence-electron chi connectivity index (χ4n) is 1.16. The third kappa shape index (κ3) is 1.19. The molecule has 0 bridgehead atoms. The molecular formula is C8H6ClN3O. The molecule has 13 heavy (non-hydrogen) atoms. The number of aromatic nitrogens is 3. The third-order valence-corrected chi connectivity index (χ3v) is 2.07. The lowest BCUT2D eigenvalue weighted by Gasteiger charge is -1.92. The van der Waals surface area contributed by atoms with Crippen LogP contribution in [0.1, 0.15) is 17.4 Å². The minimum absolute atomic E-state index is 0.0996. The zero-order chi connectivity index (χ0) is 9.42. The Hall–Kier alpha value is -1.42. The van der Waals surface area contributed by atoms with Gasteiger partial charge in [0.2, 0.25) is 0 Å². The maximum atomic E-state index is 11.1. The van der Waals surface area contributed by atoms with E-state index in [2.05, 4.69) is 15.2 Å². The molecule has 0 aliphatic heterocycles. The molecule has 0 fully saturated rings. The predicted molar refractivity (Wildman–Crippen MR) is 48.9 cm³/mol. The largest absolute Gasteiger partial charge is 0.293 e. The number of rotatable bonds is 1. The summed E-state index contributed by atoms with van der Waals surface area (Å²) >= 11 is 5.90. The normalized spacial score (nSPS) is 10.6. The molecular weight excluding hydrogens is 190 g/mol. The van der Waals surface area contributed by atoms with Gasteiger partial charge in [0.15, 0.2) is 11.4 Å². The number of Topliss-reactive ketones (excluding diaryl/α,β-unsaturated/α-hetero) is 1. The molecule has 0 amide bonds. The van der Waals surface area contributed by atoms with E-state index in [1.54, 1.807) is 12.3 Å². The molecule has 2 rings (SSSR count). The van der Waals surface area contributed by atoms with Crippen molar-refractivity contribution in [2.75, 3.05) is 0 Å². The maximum Gasteiger partial charge on any atom is 0.183 e. The van der Waals surface area contributed by atoms with Gasteiger partial charge >= 0.3 is 0 Å². The second-order valence-electron chi connectivity index (χ2n) is 2.65. The first kappa shape index (κ1) is 8.19. The van der Waals surface area contributed by atoms with Crippen molar-refractivity contribution in [1.82, 2.24) is 15.2 Å². The summed E-state index contributed by atoms with van der Waals surface area (Å²) in [6.45, 7) is 1.45. The van der Waals surface area contributed by atoms with Gasteiger partial charge in [0, 0.05) is 13.1 Å². The summed E-state index contributed by atoms with van der Waals surface area (Å²) < 4.78 is 0. The van der Waals surface area contributed by atoms with Gasteiger partial charge < -0.3 is 0 Å². The molecule has 0 aliphatic carbocycles. The number of pyridine rings is 1. The summed E-state index contributed by atoms with van der Waals surface area (Å²) in [6, 6.07) is 1.63.